The van der Waals surface area contributed by atoms with Gasteiger partial charge in [-0.15, -0.1) is 0 Å². The summed E-state index contributed by atoms with van der Waals surface area (Å²) >= 11 is 1.29. The second-order valence-corrected chi connectivity index (χ2v) is 16.7. The van der Waals surface area contributed by atoms with Crippen LogP contribution in [0.5, 0.6) is 0 Å². The summed E-state index contributed by atoms with van der Waals surface area (Å²) in [7, 11) is 0. The average Bonchev–Trinajstić information content (AvgIpc) is 3.96. The van der Waals surface area contributed by atoms with Crippen LogP contribution in [0.15, 0.2) is 4.99 Å². The fourth-order valence-corrected chi connectivity index (χ4v) is 7.53. The Bertz CT molecular complexity index is 1790. The van der Waals surface area contributed by atoms with Gasteiger partial charge in [-0.2, -0.15) is 11.8 Å². The number of aliphatic imine (C=N–C) groups is 1. The molecule has 0 aliphatic carbocycles. The first-order valence-electron chi connectivity index (χ1n) is 21.2. The van der Waals surface area contributed by atoms with E-state index in [1.165, 1.54) is 18.7 Å². The van der Waals surface area contributed by atoms with Gasteiger partial charge in [-0.3, -0.25) is 48.1 Å². The summed E-state index contributed by atoms with van der Waals surface area (Å²) < 4.78 is 0. The van der Waals surface area contributed by atoms with Crippen LogP contribution in [0.1, 0.15) is 65.2 Å². The van der Waals surface area contributed by atoms with Crippen molar-refractivity contribution in [3.63, 3.8) is 0 Å². The van der Waals surface area contributed by atoms with E-state index in [1.807, 2.05) is 0 Å². The molecule has 372 valence electrons. The highest BCUT2D eigenvalue weighted by molar-refractivity contribution is 7.98. The maximum absolute atomic E-state index is 14.0. The third-order valence-electron chi connectivity index (χ3n) is 10.6. The van der Waals surface area contributed by atoms with E-state index >= 15 is 0 Å². The molecule has 0 bridgehead atoms. The Morgan fingerprint density at radius 1 is 0.682 bits per heavy atom. The first-order chi connectivity index (χ1) is 31.1. The molecule has 2 aliphatic heterocycles. The van der Waals surface area contributed by atoms with E-state index < -0.39 is 139 Å². The van der Waals surface area contributed by atoms with Crippen LogP contribution in [-0.2, 0) is 47.9 Å². The van der Waals surface area contributed by atoms with Gasteiger partial charge in [0.2, 0.25) is 47.3 Å². The number of aliphatic hydroxyl groups is 3. The van der Waals surface area contributed by atoms with Crippen LogP contribution >= 0.6 is 11.8 Å². The number of carboxylic acid groups (broad SMARTS) is 2. The van der Waals surface area contributed by atoms with Crippen molar-refractivity contribution < 1.29 is 73.5 Å². The molecule has 2 heterocycles. The van der Waals surface area contributed by atoms with Crippen LogP contribution < -0.4 is 49.1 Å². The van der Waals surface area contributed by atoms with Gasteiger partial charge in [0.1, 0.15) is 42.3 Å². The van der Waals surface area contributed by atoms with Crippen molar-refractivity contribution >= 4 is 76.9 Å². The molecule has 28 heteroatoms. The molecule has 10 atom stereocenters. The summed E-state index contributed by atoms with van der Waals surface area (Å²) in [4.78, 5) is 136. The largest absolute Gasteiger partial charge is 0.481 e. The summed E-state index contributed by atoms with van der Waals surface area (Å²) in [5.74, 6) is -10.2. The number of aliphatic hydroxyl groups excluding tert-OH is 3. The Balaban J connectivity index is 2.24. The Hall–Kier alpha value is -5.84. The lowest BCUT2D eigenvalue weighted by atomic mass is 10.1. The first-order valence-corrected chi connectivity index (χ1v) is 22.5. The van der Waals surface area contributed by atoms with Gasteiger partial charge in [0.25, 0.3) is 0 Å². The number of hydrogen-bond acceptors (Lipinski definition) is 16. The van der Waals surface area contributed by atoms with Crippen LogP contribution in [0, 0.1) is 0 Å². The zero-order valence-corrected chi connectivity index (χ0v) is 37.8. The van der Waals surface area contributed by atoms with Crippen molar-refractivity contribution in [2.45, 2.75) is 126 Å². The Morgan fingerprint density at radius 3 is 1.65 bits per heavy atom. The predicted octanol–water partition coefficient (Wildman–Crippen LogP) is -7.04. The van der Waals surface area contributed by atoms with Crippen LogP contribution in [0.25, 0.3) is 0 Å². The number of rotatable bonds is 27. The molecule has 0 unspecified atom stereocenters. The molecule has 2 rings (SSSR count). The zero-order valence-electron chi connectivity index (χ0n) is 37.0. The van der Waals surface area contributed by atoms with E-state index in [9.17, 15) is 73.5 Å². The summed E-state index contributed by atoms with van der Waals surface area (Å²) in [5, 5.41) is 63.0. The van der Waals surface area contributed by atoms with Gasteiger partial charge in [0.05, 0.1) is 31.8 Å². The minimum atomic E-state index is -1.68. The van der Waals surface area contributed by atoms with Crippen LogP contribution in [0.3, 0.4) is 0 Å². The molecule has 27 nitrogen and oxygen atoms in total. The van der Waals surface area contributed by atoms with Gasteiger partial charge in [0.15, 0.2) is 12.0 Å². The third-order valence-corrected chi connectivity index (χ3v) is 11.2. The fourth-order valence-electron chi connectivity index (χ4n) is 7.06. The van der Waals surface area contributed by atoms with E-state index in [1.54, 1.807) is 6.26 Å². The van der Waals surface area contributed by atoms with Crippen molar-refractivity contribution in [2.24, 2.45) is 22.2 Å². The normalized spacial score (nSPS) is 19.3. The maximum Gasteiger partial charge on any atom is 0.328 e. The number of carbonyl (C=O) groups is 10. The number of thioether (sulfide) groups is 1. The quantitative estimate of drug-likeness (QED) is 0.0207. The number of guanidine groups is 1. The van der Waals surface area contributed by atoms with E-state index in [2.05, 4.69) is 36.9 Å². The molecule has 2 saturated heterocycles. The lowest BCUT2D eigenvalue weighted by Gasteiger charge is -2.31. The summed E-state index contributed by atoms with van der Waals surface area (Å²) in [6.45, 7) is 0.583. The van der Waals surface area contributed by atoms with Crippen molar-refractivity contribution in [1.29, 1.82) is 0 Å². The molecule has 0 aromatic rings. The molecular formula is C38H64N12O15S. The number of aliphatic carboxylic acids is 2. The molecule has 66 heavy (non-hydrogen) atoms. The van der Waals surface area contributed by atoms with Gasteiger partial charge in [0, 0.05) is 19.6 Å². The highest BCUT2D eigenvalue weighted by Gasteiger charge is 2.42. The summed E-state index contributed by atoms with van der Waals surface area (Å²) in [6.07, 6.45) is 0.159. The van der Waals surface area contributed by atoms with Gasteiger partial charge in [-0.1, -0.05) is 0 Å². The Labute approximate surface area is 384 Å². The fraction of sp³-hybridized carbons (Fsp3) is 0.711. The van der Waals surface area contributed by atoms with E-state index in [0.717, 1.165) is 16.7 Å². The molecule has 0 aromatic carbocycles. The smallest absolute Gasteiger partial charge is 0.328 e. The van der Waals surface area contributed by atoms with Crippen molar-refractivity contribution in [3.05, 3.63) is 0 Å². The lowest BCUT2D eigenvalue weighted by Crippen LogP contribution is -2.61. The summed E-state index contributed by atoms with van der Waals surface area (Å²) in [5.41, 5.74) is 16.4. The van der Waals surface area contributed by atoms with E-state index in [0.29, 0.717) is 6.42 Å². The van der Waals surface area contributed by atoms with Crippen molar-refractivity contribution in [2.75, 3.05) is 44.9 Å². The van der Waals surface area contributed by atoms with E-state index in [-0.39, 0.29) is 69.9 Å². The number of nitrogens with zero attached hydrogens (tertiary/aromatic N) is 3. The monoisotopic (exact) mass is 960 g/mol. The van der Waals surface area contributed by atoms with E-state index in [4.69, 9.17) is 17.2 Å². The molecule has 0 radical (unpaired) electrons. The molecule has 0 aromatic heterocycles. The predicted molar refractivity (Wildman–Crippen MR) is 233 cm³/mol. The number of carbonyl (C=O) groups excluding carboxylic acids is 8. The maximum atomic E-state index is 14.0. The van der Waals surface area contributed by atoms with Gasteiger partial charge in [-0.25, -0.2) is 4.79 Å². The van der Waals surface area contributed by atoms with Crippen molar-refractivity contribution in [1.82, 2.24) is 41.7 Å². The third kappa shape index (κ3) is 17.2. The topological polar surface area (TPSA) is 441 Å². The van der Waals surface area contributed by atoms with Crippen LogP contribution in [-0.4, -0.2) is 206 Å². The Kier molecular flexibility index (Phi) is 23.5. The van der Waals surface area contributed by atoms with Crippen LogP contribution in [0.4, 0.5) is 0 Å². The Morgan fingerprint density at radius 2 is 1.17 bits per heavy atom. The molecule has 0 spiro atoms. The van der Waals surface area contributed by atoms with Crippen molar-refractivity contribution in [3.8, 4) is 0 Å². The van der Waals surface area contributed by atoms with Gasteiger partial charge < -0.3 is 84.4 Å². The second-order valence-electron chi connectivity index (χ2n) is 15.7. The van der Waals surface area contributed by atoms with Crippen LogP contribution in [0.2, 0.25) is 0 Å². The number of carboxylic acids is 2. The highest BCUT2D eigenvalue weighted by Crippen LogP contribution is 2.21. The second kappa shape index (κ2) is 27.6. The molecular weight excluding hydrogens is 897 g/mol. The lowest BCUT2D eigenvalue weighted by molar-refractivity contribution is -0.147. The molecule has 0 saturated carbocycles. The number of likely N-dealkylation sites (tertiary alicyclic amines) is 2. The number of nitrogens with two attached hydrogens (primary N) is 3. The number of hydrogen-bond donors (Lipinski definition) is 14. The minimum absolute atomic E-state index is 0.00238. The standard InChI is InChI=1S/C38H64N12O15S/c1-18(39)29(56)45-22(15-27(54)55)31(58)44-21(7-4-11-42-38(40)41)35(62)49-12-5-8-25(49)33(60)46-23(16-51)32(59)43-20(10-14-66-3)30(57)47-24(17-52)36(63)50-13-6-9-26(50)34(61)48-28(19(2)53)37(64)65/h18-26,28,51-53H,4-17,39H2,1-3H3,(H,43,59)(H,44,58)(H,45,56)(H,46,60)(H,47,57)(H,48,61)(H,54,55)(H,64,65)(H4,40,41,42)/t18-,19+,20-,21-,22-,23-,24-,25-,26-,28-/m0/s1. The molecule has 17 N–H and O–H groups in total. The first kappa shape index (κ1) is 56.3. The highest BCUT2D eigenvalue weighted by atomic mass is 32.2. The zero-order chi connectivity index (χ0) is 49.8. The molecule has 8 amide bonds. The average molecular weight is 961 g/mol. The van der Waals surface area contributed by atoms with Gasteiger partial charge in [-0.05, 0) is 70.8 Å². The summed E-state index contributed by atoms with van der Waals surface area (Å²) in [6, 6.07) is -12.9. The number of nitrogens with one attached hydrogen (secondary N) is 6. The van der Waals surface area contributed by atoms with Gasteiger partial charge >= 0.3 is 11.9 Å². The SMILES string of the molecule is CSCC[C@H](NC(=O)[C@H](CO)NC(=O)[C@@H]1CCCN1C(=O)[C@H](CCCN=C(N)N)NC(=O)[C@H](CC(=O)O)NC(=O)[C@H](C)N)C(=O)N[C@@H](CO)C(=O)N1CCC[C@H]1C(=O)N[C@H](C(=O)O)[C@@H](C)O. The number of amides is 8. The molecule has 2 fully saturated rings. The molecule has 2 aliphatic rings. The minimum Gasteiger partial charge on any atom is -0.481 e.